The van der Waals surface area contributed by atoms with Crippen LogP contribution in [0.3, 0.4) is 0 Å². The van der Waals surface area contributed by atoms with Gasteiger partial charge in [-0.2, -0.15) is 4.57 Å². The van der Waals surface area contributed by atoms with Crippen molar-refractivity contribution in [3.05, 3.63) is 200 Å². The second-order valence-electron chi connectivity index (χ2n) is 28.2. The van der Waals surface area contributed by atoms with Crippen molar-refractivity contribution in [3.63, 3.8) is 0 Å². The number of carbonyl (C=O) groups excluding carboxylic acids is 9. The number of carbonyl (C=O) groups is 10. The van der Waals surface area contributed by atoms with E-state index in [1.807, 2.05) is 135 Å². The Morgan fingerprint density at radius 2 is 1.24 bits per heavy atom. The molecule has 9 aromatic rings. The number of benzene rings is 7. The molecule has 123 heavy (non-hydrogen) atoms. The third kappa shape index (κ3) is 29.1. The number of amides is 2. The minimum Gasteiger partial charge on any atom is -0.662 e. The zero-order chi connectivity index (χ0) is 91.9. The zero-order valence-electron chi connectivity index (χ0n) is 70.9. The summed E-state index contributed by atoms with van der Waals surface area (Å²) in [7, 11) is 15.4. The summed E-state index contributed by atoms with van der Waals surface area (Å²) in [5.41, 5.74) is 6.86. The van der Waals surface area contributed by atoms with Crippen LogP contribution in [0.2, 0.25) is 10.0 Å². The maximum atomic E-state index is 12.5. The van der Waals surface area contributed by atoms with Crippen molar-refractivity contribution < 1.29 is 108 Å². The Bertz CT molecular complexity index is 5190. The number of carboxylic acid groups (broad SMARTS) is 5. The van der Waals surface area contributed by atoms with Gasteiger partial charge in [0.25, 0.3) is 5.01 Å². The van der Waals surface area contributed by atoms with E-state index in [0.717, 1.165) is 83.0 Å². The Balaban J connectivity index is 0.000000268. The zero-order valence-corrected chi connectivity index (χ0v) is 74.9. The number of aromatic nitrogens is 2. The van der Waals surface area contributed by atoms with Crippen LogP contribution in [0, 0.1) is 0 Å². The fourth-order valence-electron chi connectivity index (χ4n) is 12.0. The molecule has 31 nitrogen and oxygen atoms in total. The van der Waals surface area contributed by atoms with Gasteiger partial charge in [-0.1, -0.05) is 76.6 Å². The van der Waals surface area contributed by atoms with E-state index in [2.05, 4.69) is 50.6 Å². The summed E-state index contributed by atoms with van der Waals surface area (Å²) in [4.78, 5) is 128. The topological polar surface area (TPSA) is 407 Å². The van der Waals surface area contributed by atoms with E-state index in [4.69, 9.17) is 49.6 Å². The maximum Gasteiger partial charge on any atom is 0.326 e. The number of hydrogen-bond donors (Lipinski definition) is 3. The van der Waals surface area contributed by atoms with E-state index >= 15 is 0 Å². The number of aldehydes is 2. The summed E-state index contributed by atoms with van der Waals surface area (Å²) < 4.78 is 20.1. The molecular formula is C87H100Cl2N10O21S3-4. The van der Waals surface area contributed by atoms with Crippen molar-refractivity contribution in [3.8, 4) is 17.2 Å². The molecule has 2 aromatic heterocycles. The molecule has 0 saturated heterocycles. The molecule has 0 fully saturated rings. The number of hydrogen-bond acceptors (Lipinski definition) is 27. The van der Waals surface area contributed by atoms with E-state index < -0.39 is 66.0 Å². The number of thiazole rings is 1. The van der Waals surface area contributed by atoms with Crippen LogP contribution in [0.15, 0.2) is 162 Å². The first-order chi connectivity index (χ1) is 58.1. The number of aliphatic hydroxyl groups is 1. The number of fused-ring (bicyclic) bond motifs is 3. The van der Waals surface area contributed by atoms with E-state index in [0.29, 0.717) is 70.2 Å². The number of methoxy groups -OCH3 is 3. The van der Waals surface area contributed by atoms with E-state index in [-0.39, 0.29) is 42.5 Å². The number of likely N-dealkylation sites (N-methyl/N-ethyl adjacent to an activating group) is 2. The Morgan fingerprint density at radius 3 is 1.75 bits per heavy atom. The van der Waals surface area contributed by atoms with Crippen LogP contribution in [-0.4, -0.2) is 203 Å². The first-order valence-electron chi connectivity index (χ1n) is 38.0. The van der Waals surface area contributed by atoms with Gasteiger partial charge >= 0.3 is 11.9 Å². The monoisotopic (exact) mass is 1790 g/mol. The Hall–Kier alpha value is -12.1. The van der Waals surface area contributed by atoms with Gasteiger partial charge in [0.2, 0.25) is 24.0 Å². The van der Waals surface area contributed by atoms with Crippen molar-refractivity contribution in [2.24, 2.45) is 7.05 Å². The van der Waals surface area contributed by atoms with Crippen LogP contribution >= 0.6 is 58.5 Å². The van der Waals surface area contributed by atoms with Gasteiger partial charge in [-0.3, -0.25) is 24.0 Å². The quantitative estimate of drug-likeness (QED) is 0.0140. The second-order valence-corrected chi connectivity index (χ2v) is 31.5. The summed E-state index contributed by atoms with van der Waals surface area (Å²) >= 11 is 21.1. The fourth-order valence-corrected chi connectivity index (χ4v) is 14.7. The highest BCUT2D eigenvalue weighted by Crippen LogP contribution is 2.48. The third-order valence-corrected chi connectivity index (χ3v) is 22.5. The normalized spacial score (nSPS) is 12.1. The van der Waals surface area contributed by atoms with Crippen LogP contribution in [0.5, 0.6) is 17.2 Å². The van der Waals surface area contributed by atoms with Gasteiger partial charge < -0.3 is 118 Å². The summed E-state index contributed by atoms with van der Waals surface area (Å²) in [5, 5.41) is 79.7. The van der Waals surface area contributed by atoms with Crippen LogP contribution < -0.4 is 69.4 Å². The Morgan fingerprint density at radius 1 is 0.683 bits per heavy atom. The number of nitrogens with one attached hydrogen (secondary N) is 1. The number of anilines is 4. The average Bonchev–Trinajstić information content (AvgIpc) is 1.66. The number of carboxylic acids is 5. The lowest BCUT2D eigenvalue weighted by molar-refractivity contribution is -0.672. The third-order valence-electron chi connectivity index (χ3n) is 19.2. The number of nitrogens with zero attached hydrogens (tertiary/aromatic N) is 9. The lowest BCUT2D eigenvalue weighted by atomic mass is 9.84. The van der Waals surface area contributed by atoms with Crippen molar-refractivity contribution in [1.29, 1.82) is 0 Å². The smallest absolute Gasteiger partial charge is 0.326 e. The molecule has 3 unspecified atom stereocenters. The van der Waals surface area contributed by atoms with E-state index in [1.165, 1.54) is 76.5 Å². The lowest BCUT2D eigenvalue weighted by Gasteiger charge is -2.32. The number of aliphatic carboxylic acids is 5. The van der Waals surface area contributed by atoms with Crippen molar-refractivity contribution >= 4 is 174 Å². The molecule has 660 valence electrons. The maximum absolute atomic E-state index is 12.5. The van der Waals surface area contributed by atoms with E-state index in [1.54, 1.807) is 85.0 Å². The first kappa shape index (κ1) is 102. The number of thioether (sulfide) groups is 1. The van der Waals surface area contributed by atoms with Crippen LogP contribution in [0.25, 0.3) is 27.2 Å². The van der Waals surface area contributed by atoms with Gasteiger partial charge in [0.1, 0.15) is 35.2 Å². The molecule has 0 aliphatic carbocycles. The summed E-state index contributed by atoms with van der Waals surface area (Å²) in [6.45, 7) is 14.9. The number of halogens is 2. The molecule has 0 saturated carbocycles. The van der Waals surface area contributed by atoms with Gasteiger partial charge in [-0.25, -0.2) is 4.79 Å². The minimum absolute atomic E-state index is 0.0177. The predicted octanol–water partition coefficient (Wildman–Crippen LogP) is 6.32. The first-order valence-corrected chi connectivity index (χ1v) is 40.8. The SMILES string of the molecule is CC(C(=O)O)N(CCC(=O)N(C)CCN(C)C(=S)N(C)C)c1ccc(C=O)cc1.CC(C(=O)[O-])N(CC(=O)[O-])c1ccc(C=O)cc1.CCN(C)c1ccc(CC(=O)[O-])cc1.CCN1/C(=C/c2sc3ccc(Cl)cc3[n+]2CNC(C)=O)Sc2ccc(Cl)cc21.COc1cc(OC)c(C(O)C(=O)[O-])cc1OC.Cn1cc(C(C)(C)C(=O)O[O-])c2ccccc21. The molecule has 1 aliphatic rings. The van der Waals surface area contributed by atoms with Gasteiger partial charge in [0.15, 0.2) is 16.6 Å². The molecule has 36 heteroatoms. The Labute approximate surface area is 737 Å². The molecular weight excluding hydrogens is 1690 g/mol. The molecule has 7 aromatic carbocycles. The average molecular weight is 1790 g/mol. The van der Waals surface area contributed by atoms with E-state index in [9.17, 15) is 83.8 Å². The number of ether oxygens (including phenoxy) is 3. The molecule has 3 atom stereocenters. The van der Waals surface area contributed by atoms with Crippen molar-refractivity contribution in [2.75, 3.05) is 115 Å². The lowest BCUT2D eigenvalue weighted by Crippen LogP contribution is -2.50. The standard InChI is InChI=1S/C20H17Cl2N3OS2.C20H30N4O4S.C13H15NO3.C12H13NO5.C11H15NO2.C11H14O6/c1-3-24-15-8-13(21)4-6-17(15)27-19(24)10-20-25(11-23-12(2)26)16-9-14(22)5-7-18(16)28-20;1-15(19(27)28)24(17-8-6-16(14-25)7-9-17)11-10-18(26)22(4)12-13-23(5)20(29)21(2)3;1-13(2,12(15)17-16)10-8-14(3)11-7-5-4-6-9(10)11;1-8(12(17)18)13(6-11(15)16)10-4-2-9(7-14)3-5-10;1-3-12(2)10-6-4-9(5-7-10)8-11(13)14;1-15-7-5-9(17-3)8(16-2)4-6(7)10(12)11(13)14/h4-10H,3,11H2,1-2H3;6-9,14-15H,10-13H2,1-5H3,(H,27,28);4-8,16H,1-3H3;2-5,7-8H,6H2,1H3,(H,15,16)(H,17,18);4-7H,3,8H2,1-2H3,(H,13,14);4-5,10,12H,1-3H3,(H,13,14)/p-4. The number of aliphatic hydroxyl groups excluding tert-OH is 1. The molecule has 2 amide bonds. The van der Waals surface area contributed by atoms with Gasteiger partial charge in [0, 0.05) is 179 Å². The number of aryl methyl sites for hydroxylation is 1. The molecule has 0 bridgehead atoms. The van der Waals surface area contributed by atoms with Gasteiger partial charge in [-0.05, 0) is 168 Å². The largest absolute Gasteiger partial charge is 0.662 e. The van der Waals surface area contributed by atoms with Crippen molar-refractivity contribution in [1.82, 2.24) is 24.6 Å². The second kappa shape index (κ2) is 48.6. The number of thiocarbonyl (C=S) groups is 1. The predicted molar refractivity (Wildman–Crippen MR) is 467 cm³/mol. The Kier molecular flexibility index (Phi) is 40.1. The minimum atomic E-state index is -1.79. The summed E-state index contributed by atoms with van der Waals surface area (Å²) in [6, 6.07) is 40.4. The van der Waals surface area contributed by atoms with Gasteiger partial charge in [-0.15, -0.1) is 0 Å². The summed E-state index contributed by atoms with van der Waals surface area (Å²) in [6.07, 6.45) is 3.76. The van der Waals surface area contributed by atoms with Crippen LogP contribution in [-0.2, 0) is 68.8 Å². The van der Waals surface area contributed by atoms with Crippen molar-refractivity contribution in [2.45, 2.75) is 96.5 Å². The molecule has 1 aliphatic heterocycles. The fraction of sp³-hybridized carbons (Fsp3) is 0.333. The van der Waals surface area contributed by atoms with Gasteiger partial charge in [0.05, 0.1) is 74.0 Å². The molecule has 0 spiro atoms. The molecule has 3 heterocycles. The molecule has 0 radical (unpaired) electrons. The number of rotatable bonds is 31. The van der Waals surface area contributed by atoms with Crippen LogP contribution in [0.1, 0.15) is 103 Å². The van der Waals surface area contributed by atoms with Crippen LogP contribution in [0.4, 0.5) is 22.7 Å². The highest BCUT2D eigenvalue weighted by Gasteiger charge is 2.34. The highest BCUT2D eigenvalue weighted by atomic mass is 35.5. The summed E-state index contributed by atoms with van der Waals surface area (Å²) in [5.74, 6) is -6.50. The number of para-hydroxylation sites is 1. The highest BCUT2D eigenvalue weighted by molar-refractivity contribution is 8.04. The molecule has 10 rings (SSSR count). The molecule has 3 N–H and O–H groups in total.